The molecule has 0 radical (unpaired) electrons. The molecule has 2 rings (SSSR count). The van der Waals surface area contributed by atoms with E-state index >= 15 is 0 Å². The van der Waals surface area contributed by atoms with Crippen molar-refractivity contribution in [3.63, 3.8) is 0 Å². The van der Waals surface area contributed by atoms with E-state index in [0.717, 1.165) is 19.1 Å². The lowest BCUT2D eigenvalue weighted by molar-refractivity contribution is -0.109. The van der Waals surface area contributed by atoms with Gasteiger partial charge >= 0.3 is 0 Å². The van der Waals surface area contributed by atoms with Gasteiger partial charge in [-0.15, -0.1) is 0 Å². The molecule has 1 unspecified atom stereocenters. The van der Waals surface area contributed by atoms with Crippen molar-refractivity contribution < 1.29 is 4.79 Å². The minimum atomic E-state index is 0.168. The molecule has 0 fully saturated rings. The van der Waals surface area contributed by atoms with Gasteiger partial charge in [-0.1, -0.05) is 0 Å². The lowest BCUT2D eigenvalue weighted by Crippen LogP contribution is -1.91. The summed E-state index contributed by atoms with van der Waals surface area (Å²) < 4.78 is 0. The maximum Gasteiger partial charge on any atom is 0.127 e. The third kappa shape index (κ3) is 0.618. The Morgan fingerprint density at radius 2 is 2.60 bits per heavy atom. The molecule has 1 aromatic rings. The van der Waals surface area contributed by atoms with Crippen molar-refractivity contribution in [3.8, 4) is 0 Å². The molecule has 0 aromatic carbocycles. The van der Waals surface area contributed by atoms with Gasteiger partial charge in [0.15, 0.2) is 0 Å². The topological polar surface area (TPSA) is 32.9 Å². The maximum absolute atomic E-state index is 10.5. The van der Waals surface area contributed by atoms with Crippen LogP contribution in [0.5, 0.6) is 0 Å². The first-order chi connectivity index (χ1) is 4.92. The summed E-state index contributed by atoms with van der Waals surface area (Å²) in [6.45, 7) is 0. The van der Waals surface area contributed by atoms with Crippen LogP contribution >= 0.6 is 0 Å². The SMILES string of the molecule is O=CC1CCc2[nH]ccc21. The molecule has 0 bridgehead atoms. The van der Waals surface area contributed by atoms with Crippen LogP contribution in [0.4, 0.5) is 0 Å². The van der Waals surface area contributed by atoms with Crippen molar-refractivity contribution >= 4 is 6.29 Å². The average molecular weight is 135 g/mol. The fraction of sp³-hybridized carbons (Fsp3) is 0.375. The van der Waals surface area contributed by atoms with Crippen LogP contribution in [0.15, 0.2) is 12.3 Å². The zero-order valence-electron chi connectivity index (χ0n) is 5.63. The van der Waals surface area contributed by atoms with Gasteiger partial charge < -0.3 is 9.78 Å². The number of carbonyl (C=O) groups is 1. The van der Waals surface area contributed by atoms with Gasteiger partial charge in [0, 0.05) is 17.8 Å². The second-order valence-corrected chi connectivity index (χ2v) is 2.69. The van der Waals surface area contributed by atoms with Gasteiger partial charge in [0.2, 0.25) is 0 Å². The number of hydrogen-bond acceptors (Lipinski definition) is 1. The number of carbonyl (C=O) groups excluding carboxylic acids is 1. The average Bonchev–Trinajstić information content (AvgIpc) is 2.44. The van der Waals surface area contributed by atoms with E-state index in [4.69, 9.17) is 0 Å². The van der Waals surface area contributed by atoms with E-state index in [1.165, 1.54) is 11.3 Å². The van der Waals surface area contributed by atoms with E-state index in [0.29, 0.717) is 0 Å². The molecule has 0 spiro atoms. The summed E-state index contributed by atoms with van der Waals surface area (Å²) in [4.78, 5) is 13.6. The summed E-state index contributed by atoms with van der Waals surface area (Å²) >= 11 is 0. The number of aromatic nitrogens is 1. The van der Waals surface area contributed by atoms with Gasteiger partial charge in [0.25, 0.3) is 0 Å². The molecule has 1 N–H and O–H groups in total. The zero-order chi connectivity index (χ0) is 6.97. The van der Waals surface area contributed by atoms with Crippen LogP contribution in [0.1, 0.15) is 23.6 Å². The largest absolute Gasteiger partial charge is 0.365 e. The second-order valence-electron chi connectivity index (χ2n) is 2.69. The van der Waals surface area contributed by atoms with Crippen LogP contribution in [-0.4, -0.2) is 11.3 Å². The van der Waals surface area contributed by atoms with E-state index in [9.17, 15) is 4.79 Å². The van der Waals surface area contributed by atoms with Crippen molar-refractivity contribution in [2.75, 3.05) is 0 Å². The fourth-order valence-electron chi connectivity index (χ4n) is 1.58. The van der Waals surface area contributed by atoms with Crippen molar-refractivity contribution in [3.05, 3.63) is 23.5 Å². The predicted octanol–water partition coefficient (Wildman–Crippen LogP) is 1.24. The highest BCUT2D eigenvalue weighted by Crippen LogP contribution is 2.29. The predicted molar refractivity (Wildman–Crippen MR) is 37.9 cm³/mol. The summed E-state index contributed by atoms with van der Waals surface area (Å²) in [6, 6.07) is 2.00. The minimum absolute atomic E-state index is 0.168. The van der Waals surface area contributed by atoms with Gasteiger partial charge in [-0.3, -0.25) is 0 Å². The molecular formula is C8H9NO. The summed E-state index contributed by atoms with van der Waals surface area (Å²) in [6.07, 6.45) is 4.97. The first kappa shape index (κ1) is 5.71. The maximum atomic E-state index is 10.5. The molecule has 1 aliphatic carbocycles. The van der Waals surface area contributed by atoms with E-state index in [1.807, 2.05) is 12.3 Å². The summed E-state index contributed by atoms with van der Waals surface area (Å²) in [5.74, 6) is 0.168. The van der Waals surface area contributed by atoms with Crippen molar-refractivity contribution in [1.82, 2.24) is 4.98 Å². The third-order valence-electron chi connectivity index (χ3n) is 2.14. The summed E-state index contributed by atoms with van der Waals surface area (Å²) in [5, 5.41) is 0. The molecule has 0 amide bonds. The molecule has 0 saturated heterocycles. The van der Waals surface area contributed by atoms with Crippen molar-refractivity contribution in [2.24, 2.45) is 0 Å². The minimum Gasteiger partial charge on any atom is -0.365 e. The van der Waals surface area contributed by atoms with E-state index in [-0.39, 0.29) is 5.92 Å². The number of aldehydes is 1. The monoisotopic (exact) mass is 135 g/mol. The Morgan fingerprint density at radius 1 is 1.70 bits per heavy atom. The highest BCUT2D eigenvalue weighted by Gasteiger charge is 2.21. The summed E-state index contributed by atoms with van der Waals surface area (Å²) in [7, 11) is 0. The Balaban J connectivity index is 2.43. The third-order valence-corrected chi connectivity index (χ3v) is 2.14. The standard InChI is InChI=1S/C8H9NO/c10-5-6-1-2-8-7(6)3-4-9-8/h3-6,9H,1-2H2. The Bertz CT molecular complexity index is 252. The van der Waals surface area contributed by atoms with E-state index < -0.39 is 0 Å². The van der Waals surface area contributed by atoms with Crippen molar-refractivity contribution in [1.29, 1.82) is 0 Å². The molecule has 10 heavy (non-hydrogen) atoms. The van der Waals surface area contributed by atoms with Gasteiger partial charge in [-0.25, -0.2) is 0 Å². The number of fused-ring (bicyclic) bond motifs is 1. The van der Waals surface area contributed by atoms with Gasteiger partial charge in [0.1, 0.15) is 6.29 Å². The molecule has 2 heteroatoms. The van der Waals surface area contributed by atoms with Gasteiger partial charge in [0.05, 0.1) is 0 Å². The lowest BCUT2D eigenvalue weighted by atomic mass is 10.1. The Labute approximate surface area is 59.3 Å². The number of rotatable bonds is 1. The van der Waals surface area contributed by atoms with Crippen LogP contribution in [0.3, 0.4) is 0 Å². The van der Waals surface area contributed by atoms with Crippen LogP contribution in [0.25, 0.3) is 0 Å². The van der Waals surface area contributed by atoms with Gasteiger partial charge in [-0.05, 0) is 24.5 Å². The fourth-order valence-corrected chi connectivity index (χ4v) is 1.58. The molecule has 1 atom stereocenters. The Morgan fingerprint density at radius 3 is 3.40 bits per heavy atom. The zero-order valence-corrected chi connectivity index (χ0v) is 5.63. The first-order valence-corrected chi connectivity index (χ1v) is 3.53. The van der Waals surface area contributed by atoms with Crippen LogP contribution in [0, 0.1) is 0 Å². The summed E-state index contributed by atoms with van der Waals surface area (Å²) in [5.41, 5.74) is 2.45. The number of hydrogen-bond donors (Lipinski definition) is 1. The molecule has 0 aliphatic heterocycles. The Hall–Kier alpha value is -1.05. The molecular weight excluding hydrogens is 126 g/mol. The smallest absolute Gasteiger partial charge is 0.127 e. The molecule has 0 saturated carbocycles. The lowest BCUT2D eigenvalue weighted by Gasteiger charge is -1.94. The normalized spacial score (nSPS) is 22.6. The van der Waals surface area contributed by atoms with E-state index in [1.54, 1.807) is 0 Å². The molecule has 1 aliphatic rings. The molecule has 1 heterocycles. The molecule has 1 aromatic heterocycles. The second kappa shape index (κ2) is 1.97. The number of aryl methyl sites for hydroxylation is 1. The Kier molecular flexibility index (Phi) is 1.13. The van der Waals surface area contributed by atoms with Crippen LogP contribution in [-0.2, 0) is 11.2 Å². The number of aromatic amines is 1. The van der Waals surface area contributed by atoms with Gasteiger partial charge in [-0.2, -0.15) is 0 Å². The number of H-pyrrole nitrogens is 1. The molecule has 2 nitrogen and oxygen atoms in total. The molecule has 52 valence electrons. The van der Waals surface area contributed by atoms with Crippen molar-refractivity contribution in [2.45, 2.75) is 18.8 Å². The van der Waals surface area contributed by atoms with Crippen LogP contribution in [0.2, 0.25) is 0 Å². The highest BCUT2D eigenvalue weighted by atomic mass is 16.1. The van der Waals surface area contributed by atoms with Crippen LogP contribution < -0.4 is 0 Å². The van der Waals surface area contributed by atoms with E-state index in [2.05, 4.69) is 4.98 Å². The highest BCUT2D eigenvalue weighted by molar-refractivity contribution is 5.64. The number of nitrogens with one attached hydrogen (secondary N) is 1. The quantitative estimate of drug-likeness (QED) is 0.577. The first-order valence-electron chi connectivity index (χ1n) is 3.53.